The van der Waals surface area contributed by atoms with E-state index >= 15 is 0 Å². The molecule has 0 bridgehead atoms. The van der Waals surface area contributed by atoms with Crippen molar-refractivity contribution in [3.05, 3.63) is 35.4 Å². The average Bonchev–Trinajstić information content (AvgIpc) is 2.91. The Morgan fingerprint density at radius 1 is 1.44 bits per heavy atom. The lowest BCUT2D eigenvalue weighted by molar-refractivity contribution is -0.135. The molecule has 1 aromatic rings. The number of aryl methyl sites for hydroxylation is 1. The zero-order chi connectivity index (χ0) is 13.0. The number of carbonyl (C=O) groups excluding carboxylic acids is 1. The molecule has 1 atom stereocenters. The Kier molecular flexibility index (Phi) is 4.37. The van der Waals surface area contributed by atoms with Crippen LogP contribution in [0, 0.1) is 12.8 Å². The van der Waals surface area contributed by atoms with E-state index < -0.39 is 0 Å². The van der Waals surface area contributed by atoms with Crippen LogP contribution in [0.2, 0.25) is 0 Å². The summed E-state index contributed by atoms with van der Waals surface area (Å²) in [4.78, 5) is 14.4. The van der Waals surface area contributed by atoms with Crippen LogP contribution in [0.3, 0.4) is 0 Å². The fourth-order valence-electron chi connectivity index (χ4n) is 2.46. The molecule has 1 amide bonds. The van der Waals surface area contributed by atoms with Gasteiger partial charge in [-0.05, 0) is 37.9 Å². The molecular weight excluding hydrogens is 224 g/mol. The fourth-order valence-corrected chi connectivity index (χ4v) is 2.46. The molecule has 18 heavy (non-hydrogen) atoms. The van der Waals surface area contributed by atoms with Crippen molar-refractivity contribution in [2.75, 3.05) is 19.6 Å². The predicted octanol–water partition coefficient (Wildman–Crippen LogP) is 1.95. The number of rotatable bonds is 4. The minimum atomic E-state index is 0.175. The standard InChI is InChI=1S/C15H22N2O/c1-3-17(15(18)13-8-9-16-10-13)11-14-7-5-4-6-12(14)2/h4-7,13,16H,3,8-11H2,1-2H3/t13-/m1/s1. The van der Waals surface area contributed by atoms with Gasteiger partial charge in [0.2, 0.25) is 5.91 Å². The Bertz CT molecular complexity index is 411. The van der Waals surface area contributed by atoms with Crippen molar-refractivity contribution in [3.63, 3.8) is 0 Å². The molecule has 1 fully saturated rings. The number of amides is 1. The van der Waals surface area contributed by atoms with Crippen LogP contribution in [0.1, 0.15) is 24.5 Å². The molecular formula is C15H22N2O. The third-order valence-electron chi connectivity index (χ3n) is 3.73. The van der Waals surface area contributed by atoms with Gasteiger partial charge in [0.15, 0.2) is 0 Å². The Morgan fingerprint density at radius 3 is 2.83 bits per heavy atom. The number of benzene rings is 1. The van der Waals surface area contributed by atoms with Gasteiger partial charge in [-0.15, -0.1) is 0 Å². The first-order valence-corrected chi connectivity index (χ1v) is 6.76. The van der Waals surface area contributed by atoms with Gasteiger partial charge in [-0.2, -0.15) is 0 Å². The highest BCUT2D eigenvalue weighted by atomic mass is 16.2. The molecule has 0 aliphatic carbocycles. The average molecular weight is 246 g/mol. The van der Waals surface area contributed by atoms with Crippen LogP contribution in [0.4, 0.5) is 0 Å². The maximum Gasteiger partial charge on any atom is 0.227 e. The topological polar surface area (TPSA) is 32.3 Å². The van der Waals surface area contributed by atoms with E-state index in [1.807, 2.05) is 17.0 Å². The van der Waals surface area contributed by atoms with Crippen LogP contribution in [-0.2, 0) is 11.3 Å². The first kappa shape index (κ1) is 13.1. The normalized spacial score (nSPS) is 18.9. The number of nitrogens with zero attached hydrogens (tertiary/aromatic N) is 1. The zero-order valence-corrected chi connectivity index (χ0v) is 11.3. The van der Waals surface area contributed by atoms with Gasteiger partial charge in [-0.3, -0.25) is 4.79 Å². The molecule has 3 heteroatoms. The second-order valence-corrected chi connectivity index (χ2v) is 4.97. The third kappa shape index (κ3) is 2.91. The van der Waals surface area contributed by atoms with Crippen molar-refractivity contribution in [3.8, 4) is 0 Å². The summed E-state index contributed by atoms with van der Waals surface area (Å²) in [6, 6.07) is 8.29. The monoisotopic (exact) mass is 246 g/mol. The van der Waals surface area contributed by atoms with E-state index in [1.54, 1.807) is 0 Å². The maximum atomic E-state index is 12.4. The second-order valence-electron chi connectivity index (χ2n) is 4.97. The SMILES string of the molecule is CCN(Cc1ccccc1C)C(=O)[C@@H]1CCNC1. The van der Waals surface area contributed by atoms with E-state index in [-0.39, 0.29) is 5.92 Å². The molecule has 98 valence electrons. The molecule has 1 aliphatic heterocycles. The molecule has 1 aliphatic rings. The highest BCUT2D eigenvalue weighted by Gasteiger charge is 2.26. The molecule has 0 unspecified atom stereocenters. The van der Waals surface area contributed by atoms with E-state index in [1.165, 1.54) is 11.1 Å². The summed E-state index contributed by atoms with van der Waals surface area (Å²) in [6.07, 6.45) is 0.975. The number of carbonyl (C=O) groups is 1. The summed E-state index contributed by atoms with van der Waals surface area (Å²) in [7, 11) is 0. The molecule has 0 spiro atoms. The lowest BCUT2D eigenvalue weighted by atomic mass is 10.1. The van der Waals surface area contributed by atoms with Gasteiger partial charge >= 0.3 is 0 Å². The van der Waals surface area contributed by atoms with Crippen LogP contribution in [0.5, 0.6) is 0 Å². The summed E-state index contributed by atoms with van der Waals surface area (Å²) >= 11 is 0. The van der Waals surface area contributed by atoms with Crippen molar-refractivity contribution >= 4 is 5.91 Å². The van der Waals surface area contributed by atoms with Crippen LogP contribution < -0.4 is 5.32 Å². The van der Waals surface area contributed by atoms with Gasteiger partial charge in [-0.1, -0.05) is 24.3 Å². The van der Waals surface area contributed by atoms with Crippen molar-refractivity contribution < 1.29 is 4.79 Å². The molecule has 0 saturated carbocycles. The second kappa shape index (κ2) is 6.01. The van der Waals surface area contributed by atoms with Gasteiger partial charge in [-0.25, -0.2) is 0 Å². The minimum absolute atomic E-state index is 0.175. The van der Waals surface area contributed by atoms with Crippen LogP contribution in [0.25, 0.3) is 0 Å². The van der Waals surface area contributed by atoms with Gasteiger partial charge in [0.25, 0.3) is 0 Å². The fraction of sp³-hybridized carbons (Fsp3) is 0.533. The summed E-state index contributed by atoms with van der Waals surface area (Å²) in [5, 5.41) is 3.26. The molecule has 0 aromatic heterocycles. The number of hydrogen-bond acceptors (Lipinski definition) is 2. The van der Waals surface area contributed by atoms with Gasteiger partial charge < -0.3 is 10.2 Å². The summed E-state index contributed by atoms with van der Waals surface area (Å²) in [5.41, 5.74) is 2.51. The summed E-state index contributed by atoms with van der Waals surface area (Å²) < 4.78 is 0. The van der Waals surface area contributed by atoms with E-state index in [9.17, 15) is 4.79 Å². The Labute approximate surface area is 109 Å². The summed E-state index contributed by atoms with van der Waals surface area (Å²) in [6.45, 7) is 7.48. The van der Waals surface area contributed by atoms with E-state index in [0.29, 0.717) is 5.91 Å². The molecule has 1 saturated heterocycles. The summed E-state index contributed by atoms with van der Waals surface area (Å²) in [5.74, 6) is 0.472. The number of nitrogens with one attached hydrogen (secondary N) is 1. The Morgan fingerprint density at radius 2 is 2.22 bits per heavy atom. The molecule has 0 radical (unpaired) electrons. The van der Waals surface area contributed by atoms with Gasteiger partial charge in [0, 0.05) is 19.6 Å². The quantitative estimate of drug-likeness (QED) is 0.880. The predicted molar refractivity (Wildman–Crippen MR) is 73.2 cm³/mol. The molecule has 3 nitrogen and oxygen atoms in total. The lowest BCUT2D eigenvalue weighted by Crippen LogP contribution is -2.36. The van der Waals surface area contributed by atoms with E-state index in [0.717, 1.165) is 32.6 Å². The minimum Gasteiger partial charge on any atom is -0.338 e. The molecule has 2 rings (SSSR count). The smallest absolute Gasteiger partial charge is 0.227 e. The van der Waals surface area contributed by atoms with Crippen LogP contribution in [0.15, 0.2) is 24.3 Å². The van der Waals surface area contributed by atoms with Crippen molar-refractivity contribution in [1.82, 2.24) is 10.2 Å². The van der Waals surface area contributed by atoms with Crippen molar-refractivity contribution in [2.24, 2.45) is 5.92 Å². The Hall–Kier alpha value is -1.35. The first-order valence-electron chi connectivity index (χ1n) is 6.76. The molecule has 1 aromatic carbocycles. The van der Waals surface area contributed by atoms with Gasteiger partial charge in [0.1, 0.15) is 0 Å². The zero-order valence-electron chi connectivity index (χ0n) is 11.3. The van der Waals surface area contributed by atoms with E-state index in [2.05, 4.69) is 31.3 Å². The van der Waals surface area contributed by atoms with E-state index in [4.69, 9.17) is 0 Å². The van der Waals surface area contributed by atoms with Crippen molar-refractivity contribution in [2.45, 2.75) is 26.8 Å². The first-order chi connectivity index (χ1) is 8.72. The maximum absolute atomic E-state index is 12.4. The van der Waals surface area contributed by atoms with Gasteiger partial charge in [0.05, 0.1) is 5.92 Å². The third-order valence-corrected chi connectivity index (χ3v) is 3.73. The van der Waals surface area contributed by atoms with Crippen LogP contribution in [-0.4, -0.2) is 30.4 Å². The Balaban J connectivity index is 2.05. The molecule has 1 N–H and O–H groups in total. The number of hydrogen-bond donors (Lipinski definition) is 1. The van der Waals surface area contributed by atoms with Crippen LogP contribution >= 0.6 is 0 Å². The lowest BCUT2D eigenvalue weighted by Gasteiger charge is -2.24. The largest absolute Gasteiger partial charge is 0.338 e. The molecule has 1 heterocycles. The van der Waals surface area contributed by atoms with Crippen molar-refractivity contribution in [1.29, 1.82) is 0 Å². The highest BCUT2D eigenvalue weighted by molar-refractivity contribution is 5.79. The highest BCUT2D eigenvalue weighted by Crippen LogP contribution is 2.16.